The van der Waals surface area contributed by atoms with Crippen molar-refractivity contribution in [1.82, 2.24) is 9.21 Å². The highest BCUT2D eigenvalue weighted by molar-refractivity contribution is 7.89. The maximum absolute atomic E-state index is 13.7. The number of nitrogens with zero attached hydrogens (tertiary/aromatic N) is 3. The van der Waals surface area contributed by atoms with Crippen LogP contribution in [0.15, 0.2) is 17.0 Å². The number of piperazine rings is 1. The summed E-state index contributed by atoms with van der Waals surface area (Å²) in [6, 6.07) is 3.56. The summed E-state index contributed by atoms with van der Waals surface area (Å²) in [6.45, 7) is 2.34. The van der Waals surface area contributed by atoms with Crippen molar-refractivity contribution in [3.05, 3.63) is 23.3 Å². The fraction of sp³-hybridized carbons (Fsp3) is 0.692. The summed E-state index contributed by atoms with van der Waals surface area (Å²) in [5.74, 6) is 2.62. The molecular weight excluding hydrogens is 450 g/mol. The molecule has 3 heterocycles. The number of aryl methyl sites for hydroxylation is 1. The average molecular weight is 484 g/mol. The second-order valence-corrected chi connectivity index (χ2v) is 13.7. The molecule has 34 heavy (non-hydrogen) atoms. The van der Waals surface area contributed by atoms with Crippen LogP contribution in [0.25, 0.3) is 0 Å². The minimum Gasteiger partial charge on any atom is -0.340 e. The van der Waals surface area contributed by atoms with Crippen LogP contribution in [0.2, 0.25) is 0 Å². The van der Waals surface area contributed by atoms with E-state index in [1.54, 1.807) is 16.4 Å². The molecule has 0 atom stereocenters. The van der Waals surface area contributed by atoms with Gasteiger partial charge in [0.15, 0.2) is 0 Å². The van der Waals surface area contributed by atoms with Gasteiger partial charge in [0.05, 0.1) is 16.0 Å². The van der Waals surface area contributed by atoms with E-state index in [9.17, 15) is 18.0 Å². The number of carbonyl (C=O) groups excluding carboxylic acids is 2. The first-order valence-electron chi connectivity index (χ1n) is 13.1. The van der Waals surface area contributed by atoms with Crippen molar-refractivity contribution in [2.75, 3.05) is 37.6 Å². The molecule has 1 aromatic rings. The van der Waals surface area contributed by atoms with Gasteiger partial charge in [-0.15, -0.1) is 0 Å². The lowest BCUT2D eigenvalue weighted by Gasteiger charge is -2.57. The van der Waals surface area contributed by atoms with Gasteiger partial charge in [-0.2, -0.15) is 4.31 Å². The topological polar surface area (TPSA) is 78.0 Å². The Balaban J connectivity index is 1.08. The van der Waals surface area contributed by atoms with E-state index in [0.717, 1.165) is 53.8 Å². The maximum atomic E-state index is 13.7. The van der Waals surface area contributed by atoms with Gasteiger partial charge in [0, 0.05) is 39.1 Å². The highest BCUT2D eigenvalue weighted by atomic mass is 32.2. The largest absolute Gasteiger partial charge is 0.340 e. The number of benzene rings is 1. The molecule has 3 aliphatic heterocycles. The van der Waals surface area contributed by atoms with Gasteiger partial charge in [0.25, 0.3) is 0 Å². The molecular formula is C26H33N3O4S. The van der Waals surface area contributed by atoms with Gasteiger partial charge >= 0.3 is 0 Å². The van der Waals surface area contributed by atoms with Crippen LogP contribution in [-0.4, -0.2) is 62.2 Å². The molecule has 0 unspecified atom stereocenters. The first-order chi connectivity index (χ1) is 16.3. The first-order valence-corrected chi connectivity index (χ1v) is 14.5. The summed E-state index contributed by atoms with van der Waals surface area (Å²) >= 11 is 0. The summed E-state index contributed by atoms with van der Waals surface area (Å²) in [4.78, 5) is 30.0. The lowest BCUT2D eigenvalue weighted by molar-refractivity contribution is -0.158. The summed E-state index contributed by atoms with van der Waals surface area (Å²) in [6.07, 6.45) is 8.85. The second-order valence-electron chi connectivity index (χ2n) is 11.8. The minimum absolute atomic E-state index is 0.140. The standard InChI is InChI=1S/C26H33N3O4S/c30-23-2-1-20-12-22(13-21-3-4-29(23)24(20)21)34(32,33)28-7-5-27(6-8-28)25(31)26-14-17-9-18(15-26)11-19(10-17)16-26/h12-13,17-19H,1-11,14-16H2. The normalized spacial score (nSPS) is 34.6. The van der Waals surface area contributed by atoms with Crippen LogP contribution in [0.1, 0.15) is 56.1 Å². The van der Waals surface area contributed by atoms with Crippen molar-refractivity contribution in [1.29, 1.82) is 0 Å². The molecule has 182 valence electrons. The molecule has 0 N–H and O–H groups in total. The van der Waals surface area contributed by atoms with Crippen molar-refractivity contribution < 1.29 is 18.0 Å². The smallest absolute Gasteiger partial charge is 0.243 e. The fourth-order valence-corrected chi connectivity index (χ4v) is 10.1. The third-order valence-electron chi connectivity index (χ3n) is 9.68. The molecule has 8 heteroatoms. The molecule has 0 spiro atoms. The van der Waals surface area contributed by atoms with Crippen LogP contribution < -0.4 is 4.90 Å². The zero-order chi connectivity index (χ0) is 23.2. The van der Waals surface area contributed by atoms with Crippen molar-refractivity contribution in [2.24, 2.45) is 23.2 Å². The van der Waals surface area contributed by atoms with Crippen LogP contribution in [0.5, 0.6) is 0 Å². The molecule has 8 rings (SSSR count). The third kappa shape index (κ3) is 3.06. The van der Waals surface area contributed by atoms with Gasteiger partial charge < -0.3 is 9.80 Å². The molecule has 1 aromatic carbocycles. The van der Waals surface area contributed by atoms with E-state index in [1.807, 2.05) is 9.80 Å². The Labute approximate surface area is 201 Å². The third-order valence-corrected chi connectivity index (χ3v) is 11.6. The molecule has 7 aliphatic rings. The Morgan fingerprint density at radius 2 is 1.41 bits per heavy atom. The summed E-state index contributed by atoms with van der Waals surface area (Å²) in [5.41, 5.74) is 2.73. The van der Waals surface area contributed by atoms with Gasteiger partial charge in [0.1, 0.15) is 0 Å². The summed E-state index contributed by atoms with van der Waals surface area (Å²) in [7, 11) is -3.63. The predicted molar refractivity (Wildman–Crippen MR) is 127 cm³/mol. The number of hydrogen-bond donors (Lipinski definition) is 0. The lowest BCUT2D eigenvalue weighted by atomic mass is 9.49. The Morgan fingerprint density at radius 1 is 0.824 bits per heavy atom. The van der Waals surface area contributed by atoms with E-state index in [0.29, 0.717) is 62.8 Å². The molecule has 5 fully saturated rings. The van der Waals surface area contributed by atoms with Gasteiger partial charge in [-0.3, -0.25) is 9.59 Å². The number of sulfonamides is 1. The highest BCUT2D eigenvalue weighted by Crippen LogP contribution is 2.60. The van der Waals surface area contributed by atoms with Gasteiger partial charge in [0.2, 0.25) is 21.8 Å². The number of anilines is 1. The Kier molecular flexibility index (Phi) is 4.58. The summed E-state index contributed by atoms with van der Waals surface area (Å²) in [5, 5.41) is 0. The van der Waals surface area contributed by atoms with Crippen LogP contribution in [-0.2, 0) is 32.5 Å². The Morgan fingerprint density at radius 3 is 2.03 bits per heavy atom. The summed E-state index contributed by atoms with van der Waals surface area (Å²) < 4.78 is 28.7. The van der Waals surface area contributed by atoms with Crippen LogP contribution in [0.4, 0.5) is 5.69 Å². The van der Waals surface area contributed by atoms with E-state index in [-0.39, 0.29) is 11.3 Å². The van der Waals surface area contributed by atoms with Crippen LogP contribution in [0.3, 0.4) is 0 Å². The number of carbonyl (C=O) groups is 2. The average Bonchev–Trinajstić information content (AvgIpc) is 3.26. The highest BCUT2D eigenvalue weighted by Gasteiger charge is 2.55. The van der Waals surface area contributed by atoms with Crippen molar-refractivity contribution in [2.45, 2.75) is 62.7 Å². The van der Waals surface area contributed by atoms with E-state index < -0.39 is 10.0 Å². The van der Waals surface area contributed by atoms with E-state index in [4.69, 9.17) is 0 Å². The minimum atomic E-state index is -3.63. The maximum Gasteiger partial charge on any atom is 0.243 e. The van der Waals surface area contributed by atoms with Gasteiger partial charge in [-0.05, 0) is 92.4 Å². The van der Waals surface area contributed by atoms with Gasteiger partial charge in [-0.25, -0.2) is 8.42 Å². The lowest BCUT2D eigenvalue weighted by Crippen LogP contribution is -2.58. The quantitative estimate of drug-likeness (QED) is 0.662. The molecule has 4 aliphatic carbocycles. The molecule has 7 nitrogen and oxygen atoms in total. The van der Waals surface area contributed by atoms with Crippen molar-refractivity contribution in [3.63, 3.8) is 0 Å². The van der Waals surface area contributed by atoms with Crippen molar-refractivity contribution >= 4 is 27.5 Å². The van der Waals surface area contributed by atoms with Crippen LogP contribution >= 0.6 is 0 Å². The Bertz CT molecular complexity index is 1150. The number of hydrogen-bond acceptors (Lipinski definition) is 4. The molecule has 4 bridgehead atoms. The van der Waals surface area contributed by atoms with E-state index in [2.05, 4.69) is 0 Å². The van der Waals surface area contributed by atoms with Gasteiger partial charge in [-0.1, -0.05) is 0 Å². The Hall–Kier alpha value is -1.93. The molecule has 4 saturated carbocycles. The molecule has 0 radical (unpaired) electrons. The number of amides is 2. The van der Waals surface area contributed by atoms with E-state index in [1.165, 1.54) is 19.3 Å². The zero-order valence-corrected chi connectivity index (χ0v) is 20.5. The SMILES string of the molecule is O=C1CCc2cc(S(=O)(=O)N3CCN(C(=O)C45CC6CC(CC(C6)C4)C5)CC3)cc3c2N1CC3. The first kappa shape index (κ1) is 21.4. The zero-order valence-electron chi connectivity index (χ0n) is 19.7. The predicted octanol–water partition coefficient (Wildman–Crippen LogP) is 2.57. The molecule has 2 amide bonds. The van der Waals surface area contributed by atoms with Crippen molar-refractivity contribution in [3.8, 4) is 0 Å². The number of rotatable bonds is 3. The molecule has 1 saturated heterocycles. The monoisotopic (exact) mass is 483 g/mol. The molecule has 0 aromatic heterocycles. The second kappa shape index (κ2) is 7.29. The fourth-order valence-electron chi connectivity index (χ4n) is 8.56. The van der Waals surface area contributed by atoms with Crippen LogP contribution in [0, 0.1) is 23.2 Å². The van der Waals surface area contributed by atoms with E-state index >= 15 is 0 Å².